The standard InChI is InChI=1S/C15H15ClF2N4O2S/c1-10-19-14(16)9-15(20-10)21-4-6-22(7-5-21)25(23,24)11-2-3-12(17)13(18)8-11/h2-3,8-9H,4-7H2,1H3. The molecule has 1 aromatic heterocycles. The van der Waals surface area contributed by atoms with E-state index in [4.69, 9.17) is 11.6 Å². The second-order valence-electron chi connectivity index (χ2n) is 5.56. The number of benzene rings is 1. The van der Waals surface area contributed by atoms with Crippen LogP contribution in [0.15, 0.2) is 29.2 Å². The van der Waals surface area contributed by atoms with Crippen molar-refractivity contribution >= 4 is 27.4 Å². The first kappa shape index (κ1) is 18.0. The lowest BCUT2D eigenvalue weighted by atomic mass is 10.3. The maximum Gasteiger partial charge on any atom is 0.243 e. The number of halogens is 3. The lowest BCUT2D eigenvalue weighted by molar-refractivity contribution is 0.383. The average molecular weight is 389 g/mol. The molecule has 2 heterocycles. The number of piperazine rings is 1. The Morgan fingerprint density at radius 1 is 1.04 bits per heavy atom. The van der Waals surface area contributed by atoms with Crippen LogP contribution in [0.25, 0.3) is 0 Å². The minimum Gasteiger partial charge on any atom is -0.354 e. The van der Waals surface area contributed by atoms with Gasteiger partial charge in [-0.2, -0.15) is 4.31 Å². The molecule has 0 radical (unpaired) electrons. The van der Waals surface area contributed by atoms with Crippen molar-refractivity contribution in [1.29, 1.82) is 0 Å². The Hall–Kier alpha value is -1.84. The van der Waals surface area contributed by atoms with Crippen molar-refractivity contribution in [1.82, 2.24) is 14.3 Å². The Balaban J connectivity index is 1.76. The second kappa shape index (κ2) is 6.81. The van der Waals surface area contributed by atoms with E-state index in [0.29, 0.717) is 36.0 Å². The predicted molar refractivity (Wildman–Crippen MR) is 89.1 cm³/mol. The third kappa shape index (κ3) is 3.73. The highest BCUT2D eigenvalue weighted by Gasteiger charge is 2.29. The molecular weight excluding hydrogens is 374 g/mol. The van der Waals surface area contributed by atoms with E-state index in [1.165, 1.54) is 4.31 Å². The van der Waals surface area contributed by atoms with Gasteiger partial charge < -0.3 is 4.90 Å². The summed E-state index contributed by atoms with van der Waals surface area (Å²) in [5.74, 6) is -1.12. The molecule has 10 heteroatoms. The summed E-state index contributed by atoms with van der Waals surface area (Å²) in [6, 6.07) is 4.19. The van der Waals surface area contributed by atoms with Crippen LogP contribution in [0.1, 0.15) is 5.82 Å². The molecule has 0 atom stereocenters. The highest BCUT2D eigenvalue weighted by atomic mass is 35.5. The van der Waals surface area contributed by atoms with Crippen LogP contribution in [-0.2, 0) is 10.0 Å². The smallest absolute Gasteiger partial charge is 0.243 e. The van der Waals surface area contributed by atoms with Crippen LogP contribution in [0, 0.1) is 18.6 Å². The van der Waals surface area contributed by atoms with Gasteiger partial charge in [0.05, 0.1) is 4.90 Å². The van der Waals surface area contributed by atoms with E-state index in [9.17, 15) is 17.2 Å². The SMILES string of the molecule is Cc1nc(Cl)cc(N2CCN(S(=O)(=O)c3ccc(F)c(F)c3)CC2)n1. The van der Waals surface area contributed by atoms with Crippen molar-refractivity contribution in [3.05, 3.63) is 46.9 Å². The van der Waals surface area contributed by atoms with Crippen LogP contribution in [0.3, 0.4) is 0 Å². The Morgan fingerprint density at radius 3 is 2.32 bits per heavy atom. The molecular formula is C15H15ClF2N4O2S. The molecule has 6 nitrogen and oxygen atoms in total. The summed E-state index contributed by atoms with van der Waals surface area (Å²) in [4.78, 5) is 9.93. The number of hydrogen-bond donors (Lipinski definition) is 0. The molecule has 1 saturated heterocycles. The van der Waals surface area contributed by atoms with E-state index in [2.05, 4.69) is 9.97 Å². The molecule has 1 fully saturated rings. The van der Waals surface area contributed by atoms with Gasteiger partial charge in [-0.15, -0.1) is 0 Å². The van der Waals surface area contributed by atoms with Crippen LogP contribution >= 0.6 is 11.6 Å². The summed E-state index contributed by atoms with van der Waals surface area (Å²) < 4.78 is 52.8. The molecule has 1 aliphatic rings. The molecule has 1 aromatic carbocycles. The number of anilines is 1. The summed E-state index contributed by atoms with van der Waals surface area (Å²) in [6.07, 6.45) is 0. The molecule has 0 amide bonds. The molecule has 0 saturated carbocycles. The van der Waals surface area contributed by atoms with Crippen LogP contribution in [-0.4, -0.2) is 48.9 Å². The van der Waals surface area contributed by atoms with Gasteiger partial charge >= 0.3 is 0 Å². The van der Waals surface area contributed by atoms with E-state index in [0.717, 1.165) is 12.1 Å². The molecule has 0 unspecified atom stereocenters. The number of nitrogens with zero attached hydrogens (tertiary/aromatic N) is 4. The van der Waals surface area contributed by atoms with E-state index in [-0.39, 0.29) is 18.0 Å². The van der Waals surface area contributed by atoms with Gasteiger partial charge in [-0.05, 0) is 25.1 Å². The molecule has 1 aliphatic heterocycles. The van der Waals surface area contributed by atoms with Gasteiger partial charge in [0.2, 0.25) is 10.0 Å². The van der Waals surface area contributed by atoms with Gasteiger partial charge in [0.15, 0.2) is 11.6 Å². The lowest BCUT2D eigenvalue weighted by Crippen LogP contribution is -2.49. The topological polar surface area (TPSA) is 66.4 Å². The fourth-order valence-electron chi connectivity index (χ4n) is 2.62. The molecule has 2 aromatic rings. The van der Waals surface area contributed by atoms with Gasteiger partial charge in [0.25, 0.3) is 0 Å². The first-order chi connectivity index (χ1) is 11.8. The zero-order valence-electron chi connectivity index (χ0n) is 13.3. The zero-order chi connectivity index (χ0) is 18.2. The van der Waals surface area contributed by atoms with Crippen LogP contribution in [0.2, 0.25) is 5.15 Å². The number of sulfonamides is 1. The Labute approximate surface area is 149 Å². The zero-order valence-corrected chi connectivity index (χ0v) is 14.9. The fraction of sp³-hybridized carbons (Fsp3) is 0.333. The molecule has 3 rings (SSSR count). The molecule has 0 N–H and O–H groups in total. The largest absolute Gasteiger partial charge is 0.354 e. The van der Waals surface area contributed by atoms with Gasteiger partial charge in [0, 0.05) is 32.2 Å². The van der Waals surface area contributed by atoms with Gasteiger partial charge in [0.1, 0.15) is 16.8 Å². The van der Waals surface area contributed by atoms with E-state index < -0.39 is 21.7 Å². The van der Waals surface area contributed by atoms with E-state index in [1.807, 2.05) is 4.90 Å². The maximum absolute atomic E-state index is 13.3. The Kier molecular flexibility index (Phi) is 4.90. The van der Waals surface area contributed by atoms with Crippen molar-refractivity contribution in [2.75, 3.05) is 31.1 Å². The second-order valence-corrected chi connectivity index (χ2v) is 7.89. The third-order valence-electron chi connectivity index (χ3n) is 3.88. The fourth-order valence-corrected chi connectivity index (χ4v) is 4.28. The minimum absolute atomic E-state index is 0.196. The number of hydrogen-bond acceptors (Lipinski definition) is 5. The molecule has 134 valence electrons. The first-order valence-corrected chi connectivity index (χ1v) is 9.30. The number of aryl methyl sites for hydroxylation is 1. The van der Waals surface area contributed by atoms with E-state index >= 15 is 0 Å². The van der Waals surface area contributed by atoms with Crippen molar-refractivity contribution in [3.8, 4) is 0 Å². The first-order valence-electron chi connectivity index (χ1n) is 7.49. The Bertz CT molecular complexity index is 882. The van der Waals surface area contributed by atoms with Crippen LogP contribution < -0.4 is 4.90 Å². The molecule has 25 heavy (non-hydrogen) atoms. The number of aromatic nitrogens is 2. The average Bonchev–Trinajstić information content (AvgIpc) is 2.56. The van der Waals surface area contributed by atoms with Gasteiger partial charge in [-0.3, -0.25) is 0 Å². The van der Waals surface area contributed by atoms with Crippen molar-refractivity contribution in [3.63, 3.8) is 0 Å². The summed E-state index contributed by atoms with van der Waals surface area (Å²) in [6.45, 7) is 2.91. The van der Waals surface area contributed by atoms with Gasteiger partial charge in [-0.25, -0.2) is 27.2 Å². The van der Waals surface area contributed by atoms with Crippen LogP contribution in [0.5, 0.6) is 0 Å². The monoisotopic (exact) mass is 388 g/mol. The summed E-state index contributed by atoms with van der Waals surface area (Å²) in [5, 5.41) is 0.319. The van der Waals surface area contributed by atoms with Gasteiger partial charge in [-0.1, -0.05) is 11.6 Å². The summed E-state index contributed by atoms with van der Waals surface area (Å²) >= 11 is 5.93. The normalized spacial score (nSPS) is 16.2. The van der Waals surface area contributed by atoms with Crippen LogP contribution in [0.4, 0.5) is 14.6 Å². The molecule has 0 aliphatic carbocycles. The minimum atomic E-state index is -3.88. The predicted octanol–water partition coefficient (Wildman–Crippen LogP) is 2.23. The number of rotatable bonds is 3. The highest BCUT2D eigenvalue weighted by Crippen LogP contribution is 2.22. The maximum atomic E-state index is 13.3. The summed E-state index contributed by atoms with van der Waals surface area (Å²) in [7, 11) is -3.88. The van der Waals surface area contributed by atoms with Crippen molar-refractivity contribution in [2.24, 2.45) is 0 Å². The lowest BCUT2D eigenvalue weighted by Gasteiger charge is -2.34. The molecule has 0 bridgehead atoms. The van der Waals surface area contributed by atoms with E-state index in [1.54, 1.807) is 13.0 Å². The summed E-state index contributed by atoms with van der Waals surface area (Å²) in [5.41, 5.74) is 0. The Morgan fingerprint density at radius 2 is 1.72 bits per heavy atom. The third-order valence-corrected chi connectivity index (χ3v) is 5.97. The molecule has 0 spiro atoms. The van der Waals surface area contributed by atoms with Crippen molar-refractivity contribution in [2.45, 2.75) is 11.8 Å². The quantitative estimate of drug-likeness (QED) is 0.754. The highest BCUT2D eigenvalue weighted by molar-refractivity contribution is 7.89. The van der Waals surface area contributed by atoms with Crippen molar-refractivity contribution < 1.29 is 17.2 Å².